The number of hydrogen-bond donors (Lipinski definition) is 1. The fourth-order valence-electron chi connectivity index (χ4n) is 3.75. The van der Waals surface area contributed by atoms with Crippen molar-refractivity contribution in [2.24, 2.45) is 0 Å². The van der Waals surface area contributed by atoms with Gasteiger partial charge in [-0.1, -0.05) is 12.1 Å². The number of anilines is 1. The van der Waals surface area contributed by atoms with Crippen molar-refractivity contribution in [2.75, 3.05) is 57.9 Å². The van der Waals surface area contributed by atoms with Crippen LogP contribution in [0.3, 0.4) is 0 Å². The molecular formula is C23H28FN5O3. The Morgan fingerprint density at radius 2 is 2.06 bits per heavy atom. The van der Waals surface area contributed by atoms with E-state index >= 15 is 0 Å². The Kier molecular flexibility index (Phi) is 7.41. The van der Waals surface area contributed by atoms with Crippen LogP contribution in [0.15, 0.2) is 41.3 Å². The molecule has 1 saturated heterocycles. The first kappa shape index (κ1) is 22.3. The fraction of sp³-hybridized carbons (Fsp3) is 0.435. The van der Waals surface area contributed by atoms with Gasteiger partial charge in [0, 0.05) is 44.9 Å². The zero-order valence-corrected chi connectivity index (χ0v) is 18.2. The van der Waals surface area contributed by atoms with E-state index in [2.05, 4.69) is 20.2 Å². The van der Waals surface area contributed by atoms with Gasteiger partial charge in [0.05, 0.1) is 37.2 Å². The van der Waals surface area contributed by atoms with E-state index in [0.29, 0.717) is 54.4 Å². The summed E-state index contributed by atoms with van der Waals surface area (Å²) in [6.07, 6.45) is 1.62. The monoisotopic (exact) mass is 441 g/mol. The molecule has 170 valence electrons. The van der Waals surface area contributed by atoms with Gasteiger partial charge < -0.3 is 19.4 Å². The van der Waals surface area contributed by atoms with Crippen LogP contribution in [-0.2, 0) is 16.0 Å². The van der Waals surface area contributed by atoms with Crippen molar-refractivity contribution in [3.8, 4) is 11.3 Å². The topological polar surface area (TPSA) is 81.5 Å². The second kappa shape index (κ2) is 10.6. The van der Waals surface area contributed by atoms with Gasteiger partial charge in [-0.25, -0.2) is 9.37 Å². The number of hydrogen-bond acceptors (Lipinski definition) is 7. The van der Waals surface area contributed by atoms with Gasteiger partial charge in [0.25, 0.3) is 5.56 Å². The molecular weight excluding hydrogens is 413 g/mol. The third-order valence-electron chi connectivity index (χ3n) is 5.44. The molecule has 0 radical (unpaired) electrons. The van der Waals surface area contributed by atoms with E-state index in [0.717, 1.165) is 32.8 Å². The van der Waals surface area contributed by atoms with Crippen molar-refractivity contribution in [1.82, 2.24) is 19.4 Å². The Labute approximate surface area is 186 Å². The quantitative estimate of drug-likeness (QED) is 0.511. The van der Waals surface area contributed by atoms with Gasteiger partial charge in [-0.05, 0) is 25.1 Å². The summed E-state index contributed by atoms with van der Waals surface area (Å²) in [7, 11) is 0. The molecule has 8 nitrogen and oxygen atoms in total. The molecule has 0 amide bonds. The van der Waals surface area contributed by atoms with Crippen molar-refractivity contribution in [3.05, 3.63) is 52.7 Å². The van der Waals surface area contributed by atoms with Crippen LogP contribution in [-0.4, -0.2) is 72.0 Å². The number of benzene rings is 1. The summed E-state index contributed by atoms with van der Waals surface area (Å²) in [6, 6.07) is 8.01. The molecule has 9 heteroatoms. The number of halogens is 1. The van der Waals surface area contributed by atoms with Gasteiger partial charge in [-0.3, -0.25) is 14.7 Å². The van der Waals surface area contributed by atoms with Gasteiger partial charge in [0.1, 0.15) is 11.3 Å². The molecule has 0 unspecified atom stereocenters. The molecule has 4 rings (SSSR count). The molecule has 0 aliphatic carbocycles. The van der Waals surface area contributed by atoms with Crippen LogP contribution < -0.4 is 10.9 Å². The number of nitrogens with one attached hydrogen (secondary N) is 1. The minimum Gasteiger partial charge on any atom is -0.380 e. The van der Waals surface area contributed by atoms with E-state index in [1.54, 1.807) is 29.0 Å². The van der Waals surface area contributed by atoms with Crippen LogP contribution in [0.5, 0.6) is 0 Å². The Hall–Kier alpha value is -2.88. The minimum atomic E-state index is -0.337. The largest absolute Gasteiger partial charge is 0.380 e. The molecule has 1 N–H and O–H groups in total. The lowest BCUT2D eigenvalue weighted by atomic mass is 10.1. The molecule has 0 saturated carbocycles. The maximum atomic E-state index is 13.7. The third-order valence-corrected chi connectivity index (χ3v) is 5.44. The van der Waals surface area contributed by atoms with Crippen molar-refractivity contribution in [3.63, 3.8) is 0 Å². The fourth-order valence-corrected chi connectivity index (χ4v) is 3.75. The van der Waals surface area contributed by atoms with E-state index < -0.39 is 0 Å². The van der Waals surface area contributed by atoms with E-state index in [-0.39, 0.29) is 11.4 Å². The van der Waals surface area contributed by atoms with Gasteiger partial charge in [0.2, 0.25) is 0 Å². The number of aromatic nitrogens is 3. The highest BCUT2D eigenvalue weighted by Crippen LogP contribution is 2.22. The normalized spacial score (nSPS) is 14.7. The molecule has 1 aliphatic heterocycles. The second-order valence-electron chi connectivity index (χ2n) is 7.56. The Bertz CT molecular complexity index is 1110. The highest BCUT2D eigenvalue weighted by molar-refractivity contribution is 5.80. The number of morpholine rings is 1. The molecule has 0 spiro atoms. The summed E-state index contributed by atoms with van der Waals surface area (Å²) in [5.41, 5.74) is 2.24. The predicted molar refractivity (Wildman–Crippen MR) is 121 cm³/mol. The molecule has 1 aromatic carbocycles. The summed E-state index contributed by atoms with van der Waals surface area (Å²) < 4.78 is 26.2. The standard InChI is InChI=1S/C23H28FN5O3/c1-2-31-13-10-29-21-15-19(17-4-3-5-18(24)14-17)26-16-20(21)27-22(23(29)30)25-6-7-28-8-11-32-12-9-28/h3-5,14-16H,2,6-13H2,1H3,(H,25,27). The molecule has 0 bridgehead atoms. The Balaban J connectivity index is 1.63. The van der Waals surface area contributed by atoms with Gasteiger partial charge in [-0.15, -0.1) is 0 Å². The second-order valence-corrected chi connectivity index (χ2v) is 7.56. The molecule has 32 heavy (non-hydrogen) atoms. The van der Waals surface area contributed by atoms with E-state index in [1.165, 1.54) is 12.1 Å². The van der Waals surface area contributed by atoms with Crippen LogP contribution >= 0.6 is 0 Å². The molecule has 1 fully saturated rings. The summed E-state index contributed by atoms with van der Waals surface area (Å²) >= 11 is 0. The summed E-state index contributed by atoms with van der Waals surface area (Å²) in [5.74, 6) is -0.0429. The molecule has 0 atom stereocenters. The predicted octanol–water partition coefficient (Wildman–Crippen LogP) is 2.38. The maximum Gasteiger partial charge on any atom is 0.293 e. The van der Waals surface area contributed by atoms with Crippen LogP contribution in [0.4, 0.5) is 10.2 Å². The molecule has 2 aromatic heterocycles. The number of fused-ring (bicyclic) bond motifs is 1. The lowest BCUT2D eigenvalue weighted by molar-refractivity contribution is 0.0398. The summed E-state index contributed by atoms with van der Waals surface area (Å²) in [5, 5.41) is 3.19. The van der Waals surface area contributed by atoms with Crippen LogP contribution in [0.25, 0.3) is 22.3 Å². The van der Waals surface area contributed by atoms with Crippen LogP contribution in [0.1, 0.15) is 6.92 Å². The molecule has 1 aliphatic rings. The Morgan fingerprint density at radius 3 is 2.84 bits per heavy atom. The average Bonchev–Trinajstić information content (AvgIpc) is 2.81. The lowest BCUT2D eigenvalue weighted by Gasteiger charge is -2.26. The van der Waals surface area contributed by atoms with Crippen molar-refractivity contribution in [2.45, 2.75) is 13.5 Å². The van der Waals surface area contributed by atoms with Gasteiger partial charge in [-0.2, -0.15) is 0 Å². The summed E-state index contributed by atoms with van der Waals surface area (Å²) in [4.78, 5) is 24.5. The lowest BCUT2D eigenvalue weighted by Crippen LogP contribution is -2.39. The summed E-state index contributed by atoms with van der Waals surface area (Å²) in [6.45, 7) is 7.92. The first-order valence-corrected chi connectivity index (χ1v) is 10.9. The van der Waals surface area contributed by atoms with Gasteiger partial charge >= 0.3 is 0 Å². The molecule has 3 heterocycles. The first-order valence-electron chi connectivity index (χ1n) is 10.9. The number of rotatable bonds is 9. The highest BCUT2D eigenvalue weighted by Gasteiger charge is 2.14. The number of pyridine rings is 1. The number of ether oxygens (including phenoxy) is 2. The highest BCUT2D eigenvalue weighted by atomic mass is 19.1. The van der Waals surface area contributed by atoms with Crippen molar-refractivity contribution < 1.29 is 13.9 Å². The zero-order chi connectivity index (χ0) is 22.3. The average molecular weight is 442 g/mol. The van der Waals surface area contributed by atoms with E-state index in [1.807, 2.05) is 6.92 Å². The third kappa shape index (κ3) is 5.29. The van der Waals surface area contributed by atoms with Crippen molar-refractivity contribution in [1.29, 1.82) is 0 Å². The van der Waals surface area contributed by atoms with E-state index in [4.69, 9.17) is 9.47 Å². The Morgan fingerprint density at radius 1 is 1.22 bits per heavy atom. The molecule has 3 aromatic rings. The van der Waals surface area contributed by atoms with Crippen LogP contribution in [0.2, 0.25) is 0 Å². The zero-order valence-electron chi connectivity index (χ0n) is 18.2. The SMILES string of the molecule is CCOCCn1c(=O)c(NCCN2CCOCC2)nc2cnc(-c3cccc(F)c3)cc21. The van der Waals surface area contributed by atoms with Crippen molar-refractivity contribution >= 4 is 16.9 Å². The first-order chi connectivity index (χ1) is 15.7. The maximum absolute atomic E-state index is 13.7. The minimum absolute atomic E-state index is 0.212. The van der Waals surface area contributed by atoms with Gasteiger partial charge in [0.15, 0.2) is 5.82 Å². The van der Waals surface area contributed by atoms with E-state index in [9.17, 15) is 9.18 Å². The number of nitrogens with zero attached hydrogens (tertiary/aromatic N) is 4. The van der Waals surface area contributed by atoms with Crippen LogP contribution in [0, 0.1) is 5.82 Å². The smallest absolute Gasteiger partial charge is 0.293 e.